The molecule has 1 rings (SSSR count). The quantitative estimate of drug-likeness (QED) is 0.690. The zero-order chi connectivity index (χ0) is 6.53. The van der Waals surface area contributed by atoms with Gasteiger partial charge in [0, 0.05) is 0 Å². The van der Waals surface area contributed by atoms with Gasteiger partial charge >= 0.3 is 68.5 Å². The van der Waals surface area contributed by atoms with Gasteiger partial charge in [0.1, 0.15) is 0 Å². The van der Waals surface area contributed by atoms with E-state index in [0.29, 0.717) is 0 Å². The van der Waals surface area contributed by atoms with Crippen molar-refractivity contribution >= 4 is 22.9 Å². The molecule has 0 fully saturated rings. The fourth-order valence-corrected chi connectivity index (χ4v) is 1.13. The number of rotatable bonds is 2. The summed E-state index contributed by atoms with van der Waals surface area (Å²) in [4.78, 5) is 0. The number of hydrogen-bond donors (Lipinski definition) is 0. The molecule has 9 heavy (non-hydrogen) atoms. The van der Waals surface area contributed by atoms with Crippen molar-refractivity contribution in [1.29, 1.82) is 0 Å². The minimum absolute atomic E-state index is 0.749. The molecular weight excluding hydrogens is 219 g/mol. The summed E-state index contributed by atoms with van der Waals surface area (Å²) in [5.74, 6) is 0. The van der Waals surface area contributed by atoms with Crippen LogP contribution in [0.5, 0.6) is 0 Å². The molecule has 0 unspecified atom stereocenters. The molecule has 2 heteroatoms. The average Bonchev–Trinajstić information content (AvgIpc) is 1.91. The Bertz CT molecular complexity index is 162. The Labute approximate surface area is 68.7 Å². The molecule has 0 N–H and O–H groups in total. The maximum atomic E-state index is 5.02. The van der Waals surface area contributed by atoms with Crippen LogP contribution in [0.15, 0.2) is 30.3 Å². The van der Waals surface area contributed by atoms with Crippen LogP contribution in [0.25, 0.3) is 0 Å². The minimum atomic E-state index is 0.749. The van der Waals surface area contributed by atoms with E-state index >= 15 is 0 Å². The van der Waals surface area contributed by atoms with Gasteiger partial charge in [-0.1, -0.05) is 0 Å². The second kappa shape index (κ2) is 3.90. The van der Waals surface area contributed by atoms with Crippen LogP contribution >= 0.6 is 0 Å². The van der Waals surface area contributed by atoms with E-state index in [1.54, 1.807) is 0 Å². The van der Waals surface area contributed by atoms with Crippen LogP contribution in [0.3, 0.4) is 0 Å². The first-order valence-corrected chi connectivity index (χ1v) is 3.92. The summed E-state index contributed by atoms with van der Waals surface area (Å²) in [5, 5.41) is 0. The molecule has 0 amide bonds. The molecule has 0 aliphatic rings. The Balaban J connectivity index is 2.61. The van der Waals surface area contributed by atoms with Crippen molar-refractivity contribution in [3.05, 3.63) is 35.9 Å². The van der Waals surface area contributed by atoms with Crippen LogP contribution < -0.4 is 0 Å². The molecular formula is C7H7OSn. The molecule has 0 saturated heterocycles. The monoisotopic (exact) mass is 227 g/mol. The zero-order valence-corrected chi connectivity index (χ0v) is 7.86. The third-order valence-corrected chi connectivity index (χ3v) is 1.49. The third-order valence-electron chi connectivity index (χ3n) is 1.08. The normalized spacial score (nSPS) is 9.44. The molecule has 0 spiro atoms. The molecule has 0 saturated carbocycles. The molecule has 1 aromatic rings. The Morgan fingerprint density at radius 3 is 2.44 bits per heavy atom. The fraction of sp³-hybridized carbons (Fsp3) is 0.143. The van der Waals surface area contributed by atoms with E-state index in [9.17, 15) is 0 Å². The van der Waals surface area contributed by atoms with Gasteiger partial charge < -0.3 is 0 Å². The van der Waals surface area contributed by atoms with E-state index in [2.05, 4.69) is 12.1 Å². The van der Waals surface area contributed by atoms with Gasteiger partial charge in [-0.15, -0.1) is 0 Å². The molecule has 45 valence electrons. The van der Waals surface area contributed by atoms with E-state index in [-0.39, 0.29) is 0 Å². The van der Waals surface area contributed by atoms with Crippen LogP contribution in [0.2, 0.25) is 0 Å². The fourth-order valence-electron chi connectivity index (χ4n) is 0.658. The second-order valence-corrected chi connectivity index (χ2v) is 2.60. The Morgan fingerprint density at radius 2 is 1.89 bits per heavy atom. The van der Waals surface area contributed by atoms with Crippen LogP contribution in [-0.4, -0.2) is 22.9 Å². The topological polar surface area (TPSA) is 9.23 Å². The molecule has 1 aromatic carbocycles. The maximum absolute atomic E-state index is 5.02. The van der Waals surface area contributed by atoms with Crippen molar-refractivity contribution in [2.24, 2.45) is 0 Å². The number of hydrogen-bond acceptors (Lipinski definition) is 1. The van der Waals surface area contributed by atoms with Crippen molar-refractivity contribution < 1.29 is 3.07 Å². The van der Waals surface area contributed by atoms with Gasteiger partial charge in [-0.25, -0.2) is 0 Å². The molecule has 0 heterocycles. The molecule has 0 aliphatic heterocycles. The predicted molar refractivity (Wildman–Crippen MR) is 37.0 cm³/mol. The molecule has 0 bridgehead atoms. The predicted octanol–water partition coefficient (Wildman–Crippen LogP) is 1.29. The summed E-state index contributed by atoms with van der Waals surface area (Å²) in [5.41, 5.74) is 1.24. The Kier molecular flexibility index (Phi) is 3.07. The summed E-state index contributed by atoms with van der Waals surface area (Å²) in [7, 11) is 0. The van der Waals surface area contributed by atoms with Gasteiger partial charge in [0.15, 0.2) is 0 Å². The standard InChI is InChI=1S/C7H7O.Sn/c8-6-7-4-2-1-3-5-7;/h1-5H,6H2;/q-1;+1. The molecule has 0 atom stereocenters. The van der Waals surface area contributed by atoms with Crippen molar-refractivity contribution in [1.82, 2.24) is 0 Å². The van der Waals surface area contributed by atoms with E-state index in [0.717, 1.165) is 29.5 Å². The zero-order valence-electron chi connectivity index (χ0n) is 5.00. The van der Waals surface area contributed by atoms with E-state index in [4.69, 9.17) is 3.07 Å². The van der Waals surface area contributed by atoms with Crippen LogP contribution in [0.4, 0.5) is 0 Å². The van der Waals surface area contributed by atoms with E-state index < -0.39 is 0 Å². The first kappa shape index (κ1) is 7.09. The van der Waals surface area contributed by atoms with Gasteiger partial charge in [-0.2, -0.15) is 0 Å². The van der Waals surface area contributed by atoms with Crippen molar-refractivity contribution in [2.75, 3.05) is 0 Å². The van der Waals surface area contributed by atoms with Crippen molar-refractivity contribution in [2.45, 2.75) is 6.61 Å². The second-order valence-electron chi connectivity index (χ2n) is 1.77. The summed E-state index contributed by atoms with van der Waals surface area (Å²) in [6, 6.07) is 10.2. The van der Waals surface area contributed by atoms with Gasteiger partial charge in [-0.05, 0) is 0 Å². The third kappa shape index (κ3) is 2.37. The SMILES string of the molecule is [Sn][O]Cc1ccccc1. The molecule has 0 aromatic heterocycles. The average molecular weight is 226 g/mol. The molecule has 3 radical (unpaired) electrons. The summed E-state index contributed by atoms with van der Waals surface area (Å²) < 4.78 is 5.02. The molecule has 1 nitrogen and oxygen atoms in total. The Hall–Kier alpha value is -0.0213. The van der Waals surface area contributed by atoms with Gasteiger partial charge in [0.05, 0.1) is 0 Å². The van der Waals surface area contributed by atoms with E-state index in [1.165, 1.54) is 5.56 Å². The van der Waals surface area contributed by atoms with E-state index in [1.807, 2.05) is 18.2 Å². The van der Waals surface area contributed by atoms with Gasteiger partial charge in [0.2, 0.25) is 0 Å². The van der Waals surface area contributed by atoms with Crippen molar-refractivity contribution in [3.8, 4) is 0 Å². The summed E-state index contributed by atoms with van der Waals surface area (Å²) >= 11 is 1.13. The Morgan fingerprint density at radius 1 is 1.22 bits per heavy atom. The van der Waals surface area contributed by atoms with Crippen molar-refractivity contribution in [3.63, 3.8) is 0 Å². The molecule has 0 aliphatic carbocycles. The van der Waals surface area contributed by atoms with Gasteiger partial charge in [-0.3, -0.25) is 0 Å². The van der Waals surface area contributed by atoms with Crippen LogP contribution in [0, 0.1) is 0 Å². The first-order valence-electron chi connectivity index (χ1n) is 2.76. The van der Waals surface area contributed by atoms with Crippen LogP contribution in [0.1, 0.15) is 5.56 Å². The summed E-state index contributed by atoms with van der Waals surface area (Å²) in [6.45, 7) is 0.749. The van der Waals surface area contributed by atoms with Crippen LogP contribution in [-0.2, 0) is 9.68 Å². The summed E-state index contributed by atoms with van der Waals surface area (Å²) in [6.07, 6.45) is 0. The first-order chi connectivity index (χ1) is 4.43. The number of benzene rings is 1. The van der Waals surface area contributed by atoms with Gasteiger partial charge in [0.25, 0.3) is 0 Å².